The Bertz CT molecular complexity index is 986. The van der Waals surface area contributed by atoms with Crippen LogP contribution in [0.3, 0.4) is 0 Å². The molecule has 26 heavy (non-hydrogen) atoms. The van der Waals surface area contributed by atoms with E-state index in [0.717, 1.165) is 65.0 Å². The molecule has 4 rings (SSSR count). The minimum Gasteiger partial charge on any atom is -0.350 e. The van der Waals surface area contributed by atoms with Gasteiger partial charge in [-0.15, -0.1) is 0 Å². The zero-order valence-corrected chi connectivity index (χ0v) is 15.9. The van der Waals surface area contributed by atoms with Gasteiger partial charge in [0.2, 0.25) is 0 Å². The number of carbonyl (C=O) groups excluding carboxylic acids is 1. The zero-order chi connectivity index (χ0) is 18.3. The van der Waals surface area contributed by atoms with E-state index in [9.17, 15) is 4.79 Å². The van der Waals surface area contributed by atoms with Crippen LogP contribution < -0.4 is 5.32 Å². The predicted molar refractivity (Wildman–Crippen MR) is 104 cm³/mol. The largest absolute Gasteiger partial charge is 0.350 e. The number of amides is 1. The van der Waals surface area contributed by atoms with E-state index in [-0.39, 0.29) is 5.91 Å². The molecule has 0 fully saturated rings. The lowest BCUT2D eigenvalue weighted by atomic mass is 9.95. The summed E-state index contributed by atoms with van der Waals surface area (Å²) in [5, 5.41) is 9.48. The third kappa shape index (κ3) is 3.01. The van der Waals surface area contributed by atoms with Gasteiger partial charge in [0.15, 0.2) is 0 Å². The highest BCUT2D eigenvalue weighted by Gasteiger charge is 2.23. The monoisotopic (exact) mass is 370 g/mol. The highest BCUT2D eigenvalue weighted by molar-refractivity contribution is 6.31. The van der Waals surface area contributed by atoms with Gasteiger partial charge in [-0.05, 0) is 55.9 Å². The summed E-state index contributed by atoms with van der Waals surface area (Å²) in [6.45, 7) is 0.588. The van der Waals surface area contributed by atoms with E-state index in [1.165, 1.54) is 5.56 Å². The molecule has 3 aromatic rings. The van der Waals surface area contributed by atoms with Crippen LogP contribution >= 0.6 is 11.6 Å². The average Bonchev–Trinajstić information content (AvgIpc) is 3.11. The number of aryl methyl sites for hydroxylation is 3. The topological polar surface area (TPSA) is 51.9 Å². The molecule has 0 radical (unpaired) electrons. The van der Waals surface area contributed by atoms with E-state index in [0.29, 0.717) is 6.54 Å². The molecule has 0 unspecified atom stereocenters. The van der Waals surface area contributed by atoms with Crippen molar-refractivity contribution in [2.45, 2.75) is 32.1 Å². The fourth-order valence-corrected chi connectivity index (χ4v) is 4.18. The standard InChI is InChI=1S/C20H23ClN4O/c1-24-12-13(16-11-14(21)7-8-18(16)24)9-10-22-20(26)19-15-5-3-4-6-17(15)23-25(19)2/h7-8,11-12H,3-6,9-10H2,1-2H3,(H,22,26). The Morgan fingerprint density at radius 3 is 2.92 bits per heavy atom. The van der Waals surface area contributed by atoms with Gasteiger partial charge in [-0.1, -0.05) is 11.6 Å². The smallest absolute Gasteiger partial charge is 0.269 e. The van der Waals surface area contributed by atoms with Gasteiger partial charge in [0.25, 0.3) is 5.91 Å². The first-order valence-electron chi connectivity index (χ1n) is 9.11. The maximum Gasteiger partial charge on any atom is 0.269 e. The maximum absolute atomic E-state index is 12.7. The second-order valence-corrected chi connectivity index (χ2v) is 7.47. The third-order valence-corrected chi connectivity index (χ3v) is 5.48. The molecule has 0 saturated carbocycles. The van der Waals surface area contributed by atoms with Crippen molar-refractivity contribution in [1.29, 1.82) is 0 Å². The summed E-state index contributed by atoms with van der Waals surface area (Å²) in [5.74, 6) is -0.0265. The molecule has 1 N–H and O–H groups in total. The molecule has 136 valence electrons. The van der Waals surface area contributed by atoms with Crippen molar-refractivity contribution < 1.29 is 4.79 Å². The van der Waals surface area contributed by atoms with E-state index in [4.69, 9.17) is 11.6 Å². The van der Waals surface area contributed by atoms with Crippen molar-refractivity contribution >= 4 is 28.4 Å². The molecule has 0 spiro atoms. The molecule has 0 aliphatic heterocycles. The number of halogens is 1. The first-order chi connectivity index (χ1) is 12.5. The molecule has 2 heterocycles. The average molecular weight is 371 g/mol. The second-order valence-electron chi connectivity index (χ2n) is 7.04. The first kappa shape index (κ1) is 17.2. The number of aromatic nitrogens is 3. The van der Waals surface area contributed by atoms with Crippen LogP contribution in [0.4, 0.5) is 0 Å². The normalized spacial score (nSPS) is 13.8. The first-order valence-corrected chi connectivity index (χ1v) is 9.49. The van der Waals surface area contributed by atoms with Crippen molar-refractivity contribution in [3.63, 3.8) is 0 Å². The lowest BCUT2D eigenvalue weighted by Gasteiger charge is -2.11. The van der Waals surface area contributed by atoms with E-state index >= 15 is 0 Å². The van der Waals surface area contributed by atoms with Crippen molar-refractivity contribution in [2.75, 3.05) is 6.54 Å². The van der Waals surface area contributed by atoms with Crippen molar-refractivity contribution in [3.8, 4) is 0 Å². The van der Waals surface area contributed by atoms with E-state index < -0.39 is 0 Å². The molecule has 1 aliphatic carbocycles. The third-order valence-electron chi connectivity index (χ3n) is 5.25. The Morgan fingerprint density at radius 2 is 2.08 bits per heavy atom. The van der Waals surface area contributed by atoms with Crippen LogP contribution in [-0.2, 0) is 33.4 Å². The summed E-state index contributed by atoms with van der Waals surface area (Å²) >= 11 is 6.15. The Kier molecular flexibility index (Phi) is 4.49. The molecule has 0 atom stereocenters. The second kappa shape index (κ2) is 6.80. The van der Waals surface area contributed by atoms with Crippen LogP contribution in [0.25, 0.3) is 10.9 Å². The van der Waals surface area contributed by atoms with Gasteiger partial charge in [0, 0.05) is 48.3 Å². The van der Waals surface area contributed by atoms with Gasteiger partial charge in [-0.2, -0.15) is 5.10 Å². The summed E-state index contributed by atoms with van der Waals surface area (Å²) in [6, 6.07) is 5.92. The van der Waals surface area contributed by atoms with Crippen molar-refractivity contribution in [1.82, 2.24) is 19.7 Å². The quantitative estimate of drug-likeness (QED) is 0.765. The Morgan fingerprint density at radius 1 is 1.27 bits per heavy atom. The van der Waals surface area contributed by atoms with Crippen molar-refractivity contribution in [2.24, 2.45) is 14.1 Å². The number of rotatable bonds is 4. The van der Waals surface area contributed by atoms with E-state index in [2.05, 4.69) is 21.2 Å². The van der Waals surface area contributed by atoms with Gasteiger partial charge in [-0.25, -0.2) is 0 Å². The molecule has 6 heteroatoms. The molecule has 0 saturated heterocycles. The minimum absolute atomic E-state index is 0.0265. The summed E-state index contributed by atoms with van der Waals surface area (Å²) < 4.78 is 3.84. The van der Waals surface area contributed by atoms with Gasteiger partial charge in [0.05, 0.1) is 5.69 Å². The number of fused-ring (bicyclic) bond motifs is 2. The van der Waals surface area contributed by atoms with Crippen LogP contribution in [0, 0.1) is 0 Å². The maximum atomic E-state index is 12.7. The highest BCUT2D eigenvalue weighted by Crippen LogP contribution is 2.25. The Hall–Kier alpha value is -2.27. The summed E-state index contributed by atoms with van der Waals surface area (Å²) in [4.78, 5) is 12.7. The molecule has 1 aliphatic rings. The SMILES string of the molecule is Cn1nc2c(c1C(=O)NCCc1cn(C)c3ccc(Cl)cc13)CCCC2. The lowest BCUT2D eigenvalue weighted by Crippen LogP contribution is -2.28. The number of carbonyl (C=O) groups is 1. The number of benzene rings is 1. The lowest BCUT2D eigenvalue weighted by molar-refractivity contribution is 0.0943. The summed E-state index contributed by atoms with van der Waals surface area (Å²) in [7, 11) is 3.89. The highest BCUT2D eigenvalue weighted by atomic mass is 35.5. The van der Waals surface area contributed by atoms with Gasteiger partial charge >= 0.3 is 0 Å². The van der Waals surface area contributed by atoms with Crippen LogP contribution in [0.2, 0.25) is 5.02 Å². The molecule has 1 aromatic carbocycles. The molecule has 5 nitrogen and oxygen atoms in total. The number of nitrogens with zero attached hydrogens (tertiary/aromatic N) is 3. The van der Waals surface area contributed by atoms with Crippen LogP contribution in [0.1, 0.15) is 40.2 Å². The van der Waals surface area contributed by atoms with Crippen molar-refractivity contribution in [3.05, 3.63) is 51.9 Å². The Labute approximate surface area is 157 Å². The number of hydrogen-bond donors (Lipinski definition) is 1. The molecule has 1 amide bonds. The zero-order valence-electron chi connectivity index (χ0n) is 15.2. The number of nitrogens with one attached hydrogen (secondary N) is 1. The predicted octanol–water partition coefficient (Wildman–Crippen LogP) is 3.42. The summed E-state index contributed by atoms with van der Waals surface area (Å²) in [6.07, 6.45) is 7.11. The number of hydrogen-bond acceptors (Lipinski definition) is 2. The summed E-state index contributed by atoms with van der Waals surface area (Å²) in [5.41, 5.74) is 5.29. The molecule has 2 aromatic heterocycles. The van der Waals surface area contributed by atoms with E-state index in [1.54, 1.807) is 4.68 Å². The van der Waals surface area contributed by atoms with Gasteiger partial charge in [-0.3, -0.25) is 9.48 Å². The van der Waals surface area contributed by atoms with Gasteiger partial charge in [0.1, 0.15) is 5.69 Å². The Balaban J connectivity index is 1.48. The van der Waals surface area contributed by atoms with Crippen LogP contribution in [0.5, 0.6) is 0 Å². The van der Waals surface area contributed by atoms with Crippen LogP contribution in [0.15, 0.2) is 24.4 Å². The fraction of sp³-hybridized carbons (Fsp3) is 0.400. The minimum atomic E-state index is -0.0265. The molecule has 0 bridgehead atoms. The van der Waals surface area contributed by atoms with Crippen LogP contribution in [-0.4, -0.2) is 26.8 Å². The van der Waals surface area contributed by atoms with Gasteiger partial charge < -0.3 is 9.88 Å². The fourth-order valence-electron chi connectivity index (χ4n) is 4.00. The molecular weight excluding hydrogens is 348 g/mol. The molecular formula is C20H23ClN4O. The van der Waals surface area contributed by atoms with E-state index in [1.807, 2.05) is 32.3 Å².